The van der Waals surface area contributed by atoms with E-state index in [4.69, 9.17) is 4.74 Å². The average Bonchev–Trinajstić information content (AvgIpc) is 3.12. The van der Waals surface area contributed by atoms with Crippen molar-refractivity contribution >= 4 is 18.2 Å². The Morgan fingerprint density at radius 3 is 2.83 bits per heavy atom. The second-order valence-electron chi connectivity index (χ2n) is 6.49. The Morgan fingerprint density at radius 1 is 1.26 bits per heavy atom. The fourth-order valence-corrected chi connectivity index (χ4v) is 2.82. The van der Waals surface area contributed by atoms with Gasteiger partial charge in [-0.05, 0) is 26.8 Å². The van der Waals surface area contributed by atoms with Crippen molar-refractivity contribution in [3.8, 4) is 5.69 Å². The largest absolute Gasteiger partial charge is 0.442 e. The Kier molecular flexibility index (Phi) is 2.75. The minimum Gasteiger partial charge on any atom is -0.442 e. The maximum Gasteiger partial charge on any atom is 0.435 e. The molecule has 1 atom stereocenters. The molecule has 2 aromatic rings. The van der Waals surface area contributed by atoms with Crippen LogP contribution in [-0.2, 0) is 4.74 Å². The number of rotatable bonds is 0. The highest BCUT2D eigenvalue weighted by atomic mass is 16.6. The summed E-state index contributed by atoms with van der Waals surface area (Å²) >= 11 is 0. The van der Waals surface area contributed by atoms with Crippen LogP contribution in [0.2, 0.25) is 0 Å². The fourth-order valence-electron chi connectivity index (χ4n) is 2.82. The van der Waals surface area contributed by atoms with Crippen LogP contribution in [0.5, 0.6) is 0 Å². The van der Waals surface area contributed by atoms with Crippen molar-refractivity contribution in [1.82, 2.24) is 14.6 Å². The highest BCUT2D eigenvalue weighted by Crippen LogP contribution is 2.41. The molecular formula is C16H17N5O2. The lowest BCUT2D eigenvalue weighted by Gasteiger charge is -2.36. The number of ether oxygens (including phenoxy) is 1. The van der Waals surface area contributed by atoms with Gasteiger partial charge in [0, 0.05) is 5.56 Å². The lowest BCUT2D eigenvalue weighted by molar-refractivity contribution is 0.0360. The smallest absolute Gasteiger partial charge is 0.435 e. The predicted octanol–water partition coefficient (Wildman–Crippen LogP) is 2.88. The summed E-state index contributed by atoms with van der Waals surface area (Å²) in [5.74, 6) is 0.775. The maximum absolute atomic E-state index is 12.5. The molecule has 23 heavy (non-hydrogen) atoms. The first-order valence-corrected chi connectivity index (χ1v) is 7.42. The molecule has 4 rings (SSSR count). The van der Waals surface area contributed by atoms with Crippen LogP contribution in [0.15, 0.2) is 41.8 Å². The summed E-state index contributed by atoms with van der Waals surface area (Å²) in [5, 5.41) is 3.20. The maximum atomic E-state index is 12.5. The van der Waals surface area contributed by atoms with E-state index >= 15 is 0 Å². The van der Waals surface area contributed by atoms with Crippen molar-refractivity contribution in [2.24, 2.45) is 4.99 Å². The Labute approximate surface area is 133 Å². The number of imidazole rings is 1. The van der Waals surface area contributed by atoms with E-state index in [9.17, 15) is 4.79 Å². The number of amides is 1. The van der Waals surface area contributed by atoms with Crippen LogP contribution >= 0.6 is 0 Å². The average molecular weight is 311 g/mol. The number of nitrogens with zero attached hydrogens (tertiary/aromatic N) is 5. The number of aliphatic imine (C=N–C) groups is 1. The topological polar surface area (TPSA) is 63.0 Å². The summed E-state index contributed by atoms with van der Waals surface area (Å²) in [7, 11) is 0. The van der Waals surface area contributed by atoms with E-state index in [0.717, 1.165) is 17.1 Å². The number of hydrogen-bond donors (Lipinski definition) is 0. The van der Waals surface area contributed by atoms with Crippen LogP contribution in [0.4, 0.5) is 10.6 Å². The molecule has 0 spiro atoms. The lowest BCUT2D eigenvalue weighted by atomic mass is 10.1. The third kappa shape index (κ3) is 2.08. The Balaban J connectivity index is 1.77. The molecule has 0 saturated heterocycles. The summed E-state index contributed by atoms with van der Waals surface area (Å²) in [5.41, 5.74) is 1.46. The van der Waals surface area contributed by atoms with E-state index in [-0.39, 0.29) is 6.17 Å². The molecule has 0 aliphatic carbocycles. The van der Waals surface area contributed by atoms with E-state index < -0.39 is 11.7 Å². The van der Waals surface area contributed by atoms with Crippen LogP contribution in [0.3, 0.4) is 0 Å². The van der Waals surface area contributed by atoms with Gasteiger partial charge >= 0.3 is 6.09 Å². The number of para-hydroxylation sites is 1. The van der Waals surface area contributed by atoms with Crippen molar-refractivity contribution < 1.29 is 9.53 Å². The molecule has 7 nitrogen and oxygen atoms in total. The van der Waals surface area contributed by atoms with E-state index in [1.54, 1.807) is 17.5 Å². The molecule has 1 amide bonds. The number of carbonyl (C=O) groups excluding carboxylic acids is 1. The van der Waals surface area contributed by atoms with Gasteiger partial charge in [-0.3, -0.25) is 4.57 Å². The highest BCUT2D eigenvalue weighted by Gasteiger charge is 2.41. The second-order valence-corrected chi connectivity index (χ2v) is 6.49. The third-order valence-electron chi connectivity index (χ3n) is 3.69. The van der Waals surface area contributed by atoms with Crippen LogP contribution in [0.1, 0.15) is 32.5 Å². The zero-order valence-electron chi connectivity index (χ0n) is 13.2. The number of hydrazine groups is 1. The van der Waals surface area contributed by atoms with Gasteiger partial charge in [0.15, 0.2) is 12.0 Å². The fraction of sp³-hybridized carbons (Fsp3) is 0.312. The lowest BCUT2D eigenvalue weighted by Crippen LogP contribution is -2.47. The van der Waals surface area contributed by atoms with Gasteiger partial charge in [0.25, 0.3) is 0 Å². The number of fused-ring (bicyclic) bond motifs is 6. The SMILES string of the molecule is CC(C)(C)OC(=O)N1C=NC2c3ccccc3-n3cncc3N21. The highest BCUT2D eigenvalue weighted by molar-refractivity contribution is 5.88. The van der Waals surface area contributed by atoms with Crippen molar-refractivity contribution in [3.05, 3.63) is 42.4 Å². The normalized spacial score (nSPS) is 18.5. The number of benzene rings is 1. The first-order valence-electron chi connectivity index (χ1n) is 7.42. The predicted molar refractivity (Wildman–Crippen MR) is 85.3 cm³/mol. The zero-order chi connectivity index (χ0) is 16.2. The molecule has 0 bridgehead atoms. The number of anilines is 1. The van der Waals surface area contributed by atoms with Crippen molar-refractivity contribution in [1.29, 1.82) is 0 Å². The quantitative estimate of drug-likeness (QED) is 0.750. The van der Waals surface area contributed by atoms with Gasteiger partial charge in [-0.15, -0.1) is 0 Å². The molecule has 118 valence electrons. The van der Waals surface area contributed by atoms with Gasteiger partial charge in [0.05, 0.1) is 11.9 Å². The summed E-state index contributed by atoms with van der Waals surface area (Å²) in [6.45, 7) is 5.52. The summed E-state index contributed by atoms with van der Waals surface area (Å²) in [6.07, 6.45) is 4.21. The first kappa shape index (κ1) is 13.8. The molecule has 1 aromatic carbocycles. The zero-order valence-corrected chi connectivity index (χ0v) is 13.2. The molecule has 2 aliphatic rings. The molecule has 0 radical (unpaired) electrons. The summed E-state index contributed by atoms with van der Waals surface area (Å²) in [6, 6.07) is 7.96. The third-order valence-corrected chi connectivity index (χ3v) is 3.69. The molecule has 7 heteroatoms. The molecule has 0 N–H and O–H groups in total. The molecule has 1 unspecified atom stereocenters. The van der Waals surface area contributed by atoms with Gasteiger partial charge in [0.2, 0.25) is 0 Å². The number of hydrogen-bond acceptors (Lipinski definition) is 5. The van der Waals surface area contributed by atoms with Gasteiger partial charge in [0.1, 0.15) is 18.3 Å². The van der Waals surface area contributed by atoms with Crippen molar-refractivity contribution in [2.45, 2.75) is 32.5 Å². The summed E-state index contributed by atoms with van der Waals surface area (Å²) < 4.78 is 7.42. The van der Waals surface area contributed by atoms with Crippen LogP contribution < -0.4 is 5.01 Å². The molecule has 0 saturated carbocycles. The van der Waals surface area contributed by atoms with Gasteiger partial charge < -0.3 is 4.74 Å². The van der Waals surface area contributed by atoms with E-state index in [1.165, 1.54) is 11.3 Å². The molecule has 3 heterocycles. The van der Waals surface area contributed by atoms with Gasteiger partial charge in [-0.1, -0.05) is 18.2 Å². The first-order chi connectivity index (χ1) is 11.0. The molecule has 2 aliphatic heterocycles. The summed E-state index contributed by atoms with van der Waals surface area (Å²) in [4.78, 5) is 21.2. The van der Waals surface area contributed by atoms with Crippen LogP contribution in [-0.4, -0.2) is 32.6 Å². The Hall–Kier alpha value is -2.83. The van der Waals surface area contributed by atoms with Crippen molar-refractivity contribution in [2.75, 3.05) is 5.01 Å². The van der Waals surface area contributed by atoms with Crippen LogP contribution in [0, 0.1) is 0 Å². The van der Waals surface area contributed by atoms with Gasteiger partial charge in [-0.25, -0.2) is 19.8 Å². The number of aromatic nitrogens is 2. The second kappa shape index (κ2) is 4.58. The molecule has 0 fully saturated rings. The van der Waals surface area contributed by atoms with E-state index in [2.05, 4.69) is 9.98 Å². The monoisotopic (exact) mass is 311 g/mol. The molecule has 1 aromatic heterocycles. The minimum absolute atomic E-state index is 0.289. The number of carbonyl (C=O) groups is 1. The standard InChI is InChI=1S/C16H17N5O2/c1-16(2,3)23-15(22)20-10-18-14-11-6-4-5-7-12(11)19-9-17-8-13(19)21(14)20/h4-10,14H,1-3H3. The van der Waals surface area contributed by atoms with E-state index in [0.29, 0.717) is 0 Å². The van der Waals surface area contributed by atoms with Crippen LogP contribution in [0.25, 0.3) is 5.69 Å². The Bertz CT molecular complexity index is 805. The Morgan fingerprint density at radius 2 is 2.04 bits per heavy atom. The van der Waals surface area contributed by atoms with Gasteiger partial charge in [-0.2, -0.15) is 5.01 Å². The molecular weight excluding hydrogens is 294 g/mol. The minimum atomic E-state index is -0.572. The van der Waals surface area contributed by atoms with Crippen molar-refractivity contribution in [3.63, 3.8) is 0 Å². The van der Waals surface area contributed by atoms with E-state index in [1.807, 2.05) is 49.6 Å².